The first-order valence-corrected chi connectivity index (χ1v) is 8.78. The van der Waals surface area contributed by atoms with Gasteiger partial charge in [-0.15, -0.1) is 12.4 Å². The Labute approximate surface area is 164 Å². The molecule has 1 aromatic carbocycles. The second-order valence-electron chi connectivity index (χ2n) is 6.59. The second kappa shape index (κ2) is 8.75. The molecule has 0 aliphatic carbocycles. The van der Waals surface area contributed by atoms with E-state index < -0.39 is 0 Å². The van der Waals surface area contributed by atoms with Gasteiger partial charge in [0.05, 0.1) is 28.9 Å². The van der Waals surface area contributed by atoms with E-state index in [1.165, 1.54) is 0 Å². The molecule has 0 spiro atoms. The van der Waals surface area contributed by atoms with Crippen LogP contribution in [0.2, 0.25) is 5.02 Å². The van der Waals surface area contributed by atoms with Crippen LogP contribution in [0.4, 0.5) is 5.69 Å². The molecule has 6 nitrogen and oxygen atoms in total. The van der Waals surface area contributed by atoms with Gasteiger partial charge in [0.1, 0.15) is 0 Å². The Bertz CT molecular complexity index is 763. The summed E-state index contributed by atoms with van der Waals surface area (Å²) < 4.78 is 7.54. The summed E-state index contributed by atoms with van der Waals surface area (Å²) in [6, 6.07) is 5.37. The predicted octanol–water partition coefficient (Wildman–Crippen LogP) is 3.22. The highest BCUT2D eigenvalue weighted by Gasteiger charge is 2.35. The summed E-state index contributed by atoms with van der Waals surface area (Å²) in [6.07, 6.45) is 3.75. The predicted molar refractivity (Wildman–Crippen MR) is 105 cm³/mol. The van der Waals surface area contributed by atoms with Gasteiger partial charge in [0, 0.05) is 32.3 Å². The zero-order chi connectivity index (χ0) is 18.0. The fourth-order valence-corrected chi connectivity index (χ4v) is 3.34. The van der Waals surface area contributed by atoms with Crippen LogP contribution in [0, 0.1) is 5.92 Å². The lowest BCUT2D eigenvalue weighted by molar-refractivity contribution is -0.119. The van der Waals surface area contributed by atoms with E-state index in [0.29, 0.717) is 23.0 Å². The van der Waals surface area contributed by atoms with Crippen LogP contribution in [0.1, 0.15) is 25.3 Å². The van der Waals surface area contributed by atoms with Gasteiger partial charge in [-0.3, -0.25) is 9.48 Å². The quantitative estimate of drug-likeness (QED) is 0.810. The molecule has 1 aliphatic rings. The highest BCUT2D eigenvalue weighted by Crippen LogP contribution is 2.35. The number of nitrogens with zero attached hydrogens (tertiary/aromatic N) is 2. The van der Waals surface area contributed by atoms with E-state index in [1.807, 2.05) is 39.4 Å². The van der Waals surface area contributed by atoms with E-state index in [2.05, 4.69) is 15.7 Å². The zero-order valence-corrected chi connectivity index (χ0v) is 16.6. The van der Waals surface area contributed by atoms with Crippen molar-refractivity contribution in [3.8, 4) is 5.75 Å². The second-order valence-corrected chi connectivity index (χ2v) is 7.00. The number of benzene rings is 1. The molecule has 2 N–H and O–H groups in total. The van der Waals surface area contributed by atoms with Gasteiger partial charge in [0.15, 0.2) is 5.75 Å². The van der Waals surface area contributed by atoms with Crippen molar-refractivity contribution in [2.24, 2.45) is 13.0 Å². The number of aryl methyl sites for hydroxylation is 1. The Hall–Kier alpha value is -1.76. The molecule has 2 aromatic rings. The van der Waals surface area contributed by atoms with Gasteiger partial charge in [-0.1, -0.05) is 17.7 Å². The van der Waals surface area contributed by atoms with Gasteiger partial charge in [0.25, 0.3) is 0 Å². The van der Waals surface area contributed by atoms with Gasteiger partial charge >= 0.3 is 0 Å². The molecule has 0 saturated carbocycles. The molecular formula is C18H24Cl2N4O2. The molecule has 1 aromatic heterocycles. The lowest BCUT2D eigenvalue weighted by Gasteiger charge is -2.20. The van der Waals surface area contributed by atoms with Crippen LogP contribution < -0.4 is 15.4 Å². The number of halogens is 2. The Morgan fingerprint density at radius 1 is 1.42 bits per heavy atom. The number of amides is 1. The lowest BCUT2D eigenvalue weighted by atomic mass is 9.90. The van der Waals surface area contributed by atoms with E-state index in [4.69, 9.17) is 16.3 Å². The van der Waals surface area contributed by atoms with E-state index in [0.717, 1.165) is 12.1 Å². The molecule has 3 rings (SSSR count). The molecule has 1 aliphatic heterocycles. The molecule has 8 heteroatoms. The smallest absolute Gasteiger partial charge is 0.229 e. The summed E-state index contributed by atoms with van der Waals surface area (Å²) in [4.78, 5) is 12.9. The van der Waals surface area contributed by atoms with Gasteiger partial charge < -0.3 is 15.4 Å². The van der Waals surface area contributed by atoms with Gasteiger partial charge in [-0.25, -0.2) is 0 Å². The summed E-state index contributed by atoms with van der Waals surface area (Å²) in [5.74, 6) is 0.392. The molecule has 26 heavy (non-hydrogen) atoms. The van der Waals surface area contributed by atoms with Crippen molar-refractivity contribution in [1.29, 1.82) is 0 Å². The third-order valence-electron chi connectivity index (χ3n) is 4.28. The summed E-state index contributed by atoms with van der Waals surface area (Å²) in [6.45, 7) is 5.24. The minimum atomic E-state index is -0.171. The number of ether oxygens (including phenoxy) is 1. The van der Waals surface area contributed by atoms with E-state index >= 15 is 0 Å². The Morgan fingerprint density at radius 3 is 2.85 bits per heavy atom. The summed E-state index contributed by atoms with van der Waals surface area (Å²) in [5, 5.41) is 11.0. The first-order valence-electron chi connectivity index (χ1n) is 8.41. The van der Waals surface area contributed by atoms with Crippen LogP contribution in [0.5, 0.6) is 5.75 Å². The van der Waals surface area contributed by atoms with E-state index in [9.17, 15) is 4.79 Å². The number of rotatable bonds is 5. The topological polar surface area (TPSA) is 68.2 Å². The molecule has 2 heterocycles. The molecule has 2 atom stereocenters. The fraction of sp³-hybridized carbons (Fsp3) is 0.444. The highest BCUT2D eigenvalue weighted by molar-refractivity contribution is 6.32. The van der Waals surface area contributed by atoms with E-state index in [1.54, 1.807) is 16.8 Å². The third kappa shape index (κ3) is 4.50. The number of carbonyl (C=O) groups excluding carboxylic acids is 1. The van der Waals surface area contributed by atoms with Crippen LogP contribution in [-0.4, -0.2) is 34.9 Å². The molecule has 0 bridgehead atoms. The zero-order valence-electron chi connectivity index (χ0n) is 15.0. The molecule has 142 valence electrons. The Kier molecular flexibility index (Phi) is 6.92. The number of hydrogen-bond donors (Lipinski definition) is 2. The number of nitrogens with one attached hydrogen (secondary N) is 2. The standard InChI is InChI=1S/C18H23ClN4O2.ClH/c1-11(2)25-17-15(19)5-4-6-16(17)22-18(24)14-9-20-8-13(14)12-7-21-23(3)10-12;/h4-7,10-11,13-14,20H,8-9H2,1-3H3,(H,22,24);1H/t13-,14+;/m1./s1. The maximum absolute atomic E-state index is 12.9. The minimum absolute atomic E-state index is 0. The number of hydrogen-bond acceptors (Lipinski definition) is 4. The monoisotopic (exact) mass is 398 g/mol. The summed E-state index contributed by atoms with van der Waals surface area (Å²) in [7, 11) is 1.88. The first-order chi connectivity index (χ1) is 12.0. The van der Waals surface area contributed by atoms with Crippen molar-refractivity contribution >= 4 is 35.6 Å². The average molecular weight is 399 g/mol. The lowest BCUT2D eigenvalue weighted by Crippen LogP contribution is -2.28. The Balaban J connectivity index is 0.00000243. The molecule has 0 radical (unpaired) electrons. The molecule has 1 amide bonds. The fourth-order valence-electron chi connectivity index (χ4n) is 3.12. The maximum atomic E-state index is 12.9. The van der Waals surface area contributed by atoms with Crippen molar-refractivity contribution in [2.45, 2.75) is 25.9 Å². The van der Waals surface area contributed by atoms with Crippen molar-refractivity contribution in [2.75, 3.05) is 18.4 Å². The third-order valence-corrected chi connectivity index (χ3v) is 4.58. The molecule has 0 unspecified atom stereocenters. The van der Waals surface area contributed by atoms with Crippen LogP contribution in [0.3, 0.4) is 0 Å². The molecule has 1 fully saturated rings. The maximum Gasteiger partial charge on any atom is 0.229 e. The van der Waals surface area contributed by atoms with Gasteiger partial charge in [-0.05, 0) is 31.5 Å². The number of anilines is 1. The average Bonchev–Trinajstić information content (AvgIpc) is 3.18. The minimum Gasteiger partial charge on any atom is -0.487 e. The van der Waals surface area contributed by atoms with Gasteiger partial charge in [0.2, 0.25) is 5.91 Å². The molecular weight excluding hydrogens is 375 g/mol. The van der Waals surface area contributed by atoms with Crippen molar-refractivity contribution in [3.05, 3.63) is 41.2 Å². The number of para-hydroxylation sites is 1. The van der Waals surface area contributed by atoms with Crippen LogP contribution in [-0.2, 0) is 11.8 Å². The van der Waals surface area contributed by atoms with Crippen molar-refractivity contribution in [3.63, 3.8) is 0 Å². The van der Waals surface area contributed by atoms with Crippen molar-refractivity contribution in [1.82, 2.24) is 15.1 Å². The Morgan fingerprint density at radius 2 is 2.19 bits per heavy atom. The van der Waals surface area contributed by atoms with Gasteiger partial charge in [-0.2, -0.15) is 5.10 Å². The van der Waals surface area contributed by atoms with Crippen molar-refractivity contribution < 1.29 is 9.53 Å². The SMILES string of the molecule is CC(C)Oc1c(Cl)cccc1NC(=O)[C@H]1CNC[C@@H]1c1cnn(C)c1.Cl. The normalized spacial score (nSPS) is 19.3. The largest absolute Gasteiger partial charge is 0.487 e. The summed E-state index contributed by atoms with van der Waals surface area (Å²) in [5.41, 5.74) is 1.67. The number of carbonyl (C=O) groups is 1. The first kappa shape index (κ1) is 20.6. The van der Waals surface area contributed by atoms with Crippen LogP contribution in [0.25, 0.3) is 0 Å². The molecule has 1 saturated heterocycles. The summed E-state index contributed by atoms with van der Waals surface area (Å²) >= 11 is 6.24. The van der Waals surface area contributed by atoms with Crippen LogP contribution >= 0.6 is 24.0 Å². The number of aromatic nitrogens is 2. The van der Waals surface area contributed by atoms with Crippen LogP contribution in [0.15, 0.2) is 30.6 Å². The highest BCUT2D eigenvalue weighted by atomic mass is 35.5. The van der Waals surface area contributed by atoms with E-state index in [-0.39, 0.29) is 36.3 Å².